The molecule has 4 rings (SSSR count). The Morgan fingerprint density at radius 2 is 1.79 bits per heavy atom. The van der Waals surface area contributed by atoms with Crippen molar-refractivity contribution in [3.05, 3.63) is 82.8 Å². The zero-order valence-corrected chi connectivity index (χ0v) is 16.6. The van der Waals surface area contributed by atoms with Crippen LogP contribution >= 0.6 is 15.9 Å². The van der Waals surface area contributed by atoms with Gasteiger partial charge in [0.25, 0.3) is 0 Å². The highest BCUT2D eigenvalue weighted by Crippen LogP contribution is 2.29. The van der Waals surface area contributed by atoms with Crippen LogP contribution in [-0.2, 0) is 4.74 Å². The molecule has 1 heterocycles. The molecule has 3 aromatic carbocycles. The minimum Gasteiger partial charge on any atom is -0.465 e. The number of benzene rings is 3. The number of rotatable bonds is 4. The van der Waals surface area contributed by atoms with Crippen molar-refractivity contribution in [2.75, 3.05) is 12.4 Å². The summed E-state index contributed by atoms with van der Waals surface area (Å²) >= 11 is 3.51. The van der Waals surface area contributed by atoms with Crippen molar-refractivity contribution in [2.24, 2.45) is 0 Å². The molecule has 0 aliphatic carbocycles. The number of methoxy groups -OCH3 is 1. The predicted octanol–water partition coefficient (Wildman–Crippen LogP) is 5.59. The normalized spacial score (nSPS) is 10.6. The molecule has 0 spiro atoms. The molecule has 1 aromatic heterocycles. The first kappa shape index (κ1) is 18.1. The van der Waals surface area contributed by atoms with Crippen molar-refractivity contribution < 1.29 is 9.53 Å². The molecule has 0 bridgehead atoms. The van der Waals surface area contributed by atoms with E-state index in [-0.39, 0.29) is 5.97 Å². The summed E-state index contributed by atoms with van der Waals surface area (Å²) in [7, 11) is 1.37. The lowest BCUT2D eigenvalue weighted by molar-refractivity contribution is 0.0601. The summed E-state index contributed by atoms with van der Waals surface area (Å²) in [6, 6.07) is 22.8. The summed E-state index contributed by atoms with van der Waals surface area (Å²) in [5.41, 5.74) is 2.96. The van der Waals surface area contributed by atoms with Gasteiger partial charge in [-0.1, -0.05) is 52.3 Å². The molecule has 1 N–H and O–H groups in total. The molecule has 0 aliphatic heterocycles. The number of fused-ring (bicyclic) bond motifs is 1. The van der Waals surface area contributed by atoms with Crippen molar-refractivity contribution in [1.82, 2.24) is 9.97 Å². The van der Waals surface area contributed by atoms with Gasteiger partial charge in [-0.2, -0.15) is 0 Å². The average Bonchev–Trinajstić information content (AvgIpc) is 2.74. The number of hydrogen-bond acceptors (Lipinski definition) is 5. The second-order valence-corrected chi connectivity index (χ2v) is 7.04. The number of esters is 1. The fourth-order valence-corrected chi connectivity index (χ4v) is 3.25. The lowest BCUT2D eigenvalue weighted by Gasteiger charge is -2.12. The van der Waals surface area contributed by atoms with Gasteiger partial charge in [0.15, 0.2) is 5.82 Å². The van der Waals surface area contributed by atoms with Crippen LogP contribution in [0.2, 0.25) is 0 Å². The number of ether oxygens (including phenoxy) is 1. The number of aromatic nitrogens is 2. The molecule has 0 aliphatic rings. The molecule has 0 unspecified atom stereocenters. The number of anilines is 2. The third-order valence-electron chi connectivity index (χ3n) is 4.24. The molecule has 5 nitrogen and oxygen atoms in total. The molecular weight excluding hydrogens is 418 g/mol. The molecular formula is C22H16BrN3O2. The number of carbonyl (C=O) groups is 1. The van der Waals surface area contributed by atoms with Crippen LogP contribution in [0.1, 0.15) is 10.4 Å². The highest BCUT2D eigenvalue weighted by molar-refractivity contribution is 9.10. The van der Waals surface area contributed by atoms with Gasteiger partial charge in [0.05, 0.1) is 18.2 Å². The summed E-state index contributed by atoms with van der Waals surface area (Å²) in [5.74, 6) is 0.901. The number of nitrogens with zero attached hydrogens (tertiary/aromatic N) is 2. The van der Waals surface area contributed by atoms with E-state index in [9.17, 15) is 4.79 Å². The lowest BCUT2D eigenvalue weighted by Crippen LogP contribution is -2.03. The molecule has 0 saturated carbocycles. The molecule has 0 saturated heterocycles. The Kier molecular flexibility index (Phi) is 5.04. The number of hydrogen-bond donors (Lipinski definition) is 1. The van der Waals surface area contributed by atoms with Crippen molar-refractivity contribution in [3.8, 4) is 11.4 Å². The average molecular weight is 434 g/mol. The highest BCUT2D eigenvalue weighted by atomic mass is 79.9. The first-order valence-corrected chi connectivity index (χ1v) is 9.41. The zero-order valence-electron chi connectivity index (χ0n) is 15.0. The Morgan fingerprint density at radius 3 is 2.57 bits per heavy atom. The van der Waals surface area contributed by atoms with Crippen molar-refractivity contribution in [2.45, 2.75) is 0 Å². The van der Waals surface area contributed by atoms with Gasteiger partial charge in [-0.3, -0.25) is 0 Å². The quantitative estimate of drug-likeness (QED) is 0.425. The molecule has 28 heavy (non-hydrogen) atoms. The number of carbonyl (C=O) groups excluding carboxylic acids is 1. The molecule has 0 atom stereocenters. The van der Waals surface area contributed by atoms with Crippen LogP contribution < -0.4 is 5.32 Å². The van der Waals surface area contributed by atoms with E-state index in [1.54, 1.807) is 18.2 Å². The van der Waals surface area contributed by atoms with E-state index in [0.717, 1.165) is 26.6 Å². The van der Waals surface area contributed by atoms with Crippen LogP contribution in [0.4, 0.5) is 11.5 Å². The van der Waals surface area contributed by atoms with Crippen LogP contribution in [0.15, 0.2) is 77.3 Å². The fourth-order valence-electron chi connectivity index (χ4n) is 2.89. The largest absolute Gasteiger partial charge is 0.465 e. The number of halogens is 1. The minimum atomic E-state index is -0.385. The Bertz CT molecular complexity index is 1160. The summed E-state index contributed by atoms with van der Waals surface area (Å²) in [4.78, 5) is 21.3. The van der Waals surface area contributed by atoms with E-state index in [2.05, 4.69) is 21.2 Å². The second-order valence-electron chi connectivity index (χ2n) is 6.12. The van der Waals surface area contributed by atoms with Crippen LogP contribution in [0, 0.1) is 0 Å². The summed E-state index contributed by atoms with van der Waals surface area (Å²) in [5, 5.41) is 4.20. The van der Waals surface area contributed by atoms with Gasteiger partial charge in [-0.05, 0) is 36.4 Å². The monoisotopic (exact) mass is 433 g/mol. The fraction of sp³-hybridized carbons (Fsp3) is 0.0455. The maximum Gasteiger partial charge on any atom is 0.337 e. The standard InChI is InChI=1S/C22H16BrN3O2/c1-28-22(27)15-8-5-9-17(12-15)24-21-18-13-16(23)10-11-19(18)25-20(26-21)14-6-3-2-4-7-14/h2-13H,1H3,(H,24,25,26). The molecule has 6 heteroatoms. The van der Waals surface area contributed by atoms with Gasteiger partial charge in [0, 0.05) is 21.1 Å². The first-order chi connectivity index (χ1) is 13.6. The third-order valence-corrected chi connectivity index (χ3v) is 4.73. The van der Waals surface area contributed by atoms with E-state index in [1.807, 2.05) is 54.6 Å². The topological polar surface area (TPSA) is 64.1 Å². The highest BCUT2D eigenvalue weighted by Gasteiger charge is 2.12. The van der Waals surface area contributed by atoms with Crippen molar-refractivity contribution in [3.63, 3.8) is 0 Å². The SMILES string of the molecule is COC(=O)c1cccc(Nc2nc(-c3ccccc3)nc3ccc(Br)cc23)c1. The van der Waals surface area contributed by atoms with Crippen molar-refractivity contribution in [1.29, 1.82) is 0 Å². The maximum absolute atomic E-state index is 11.8. The third kappa shape index (κ3) is 3.73. The zero-order chi connectivity index (χ0) is 19.5. The summed E-state index contributed by atoms with van der Waals surface area (Å²) in [6.45, 7) is 0. The molecule has 4 aromatic rings. The number of nitrogens with one attached hydrogen (secondary N) is 1. The van der Waals surface area contributed by atoms with Gasteiger partial charge in [-0.25, -0.2) is 14.8 Å². The van der Waals surface area contributed by atoms with Crippen LogP contribution in [0.25, 0.3) is 22.3 Å². The Balaban J connectivity index is 1.83. The van der Waals surface area contributed by atoms with E-state index in [1.165, 1.54) is 7.11 Å². The van der Waals surface area contributed by atoms with Gasteiger partial charge in [-0.15, -0.1) is 0 Å². The lowest BCUT2D eigenvalue weighted by atomic mass is 10.1. The minimum absolute atomic E-state index is 0.385. The Hall–Kier alpha value is -3.25. The van der Waals surface area contributed by atoms with Gasteiger partial charge in [0.2, 0.25) is 0 Å². The molecule has 138 valence electrons. The smallest absolute Gasteiger partial charge is 0.337 e. The van der Waals surface area contributed by atoms with Crippen LogP contribution in [-0.4, -0.2) is 23.0 Å². The first-order valence-electron chi connectivity index (χ1n) is 8.62. The molecule has 0 fully saturated rings. The van der Waals surface area contributed by atoms with E-state index >= 15 is 0 Å². The summed E-state index contributed by atoms with van der Waals surface area (Å²) < 4.78 is 5.74. The molecule has 0 radical (unpaired) electrons. The predicted molar refractivity (Wildman–Crippen MR) is 114 cm³/mol. The van der Waals surface area contributed by atoms with Gasteiger partial charge < -0.3 is 10.1 Å². The van der Waals surface area contributed by atoms with Crippen LogP contribution in [0.5, 0.6) is 0 Å². The maximum atomic E-state index is 11.8. The van der Waals surface area contributed by atoms with E-state index in [0.29, 0.717) is 17.2 Å². The van der Waals surface area contributed by atoms with E-state index in [4.69, 9.17) is 14.7 Å². The summed E-state index contributed by atoms with van der Waals surface area (Å²) in [6.07, 6.45) is 0. The van der Waals surface area contributed by atoms with E-state index < -0.39 is 0 Å². The molecule has 0 amide bonds. The second kappa shape index (κ2) is 7.78. The Labute approximate surface area is 170 Å². The Morgan fingerprint density at radius 1 is 0.964 bits per heavy atom. The van der Waals surface area contributed by atoms with Crippen molar-refractivity contribution >= 4 is 44.3 Å². The van der Waals surface area contributed by atoms with Crippen LogP contribution in [0.3, 0.4) is 0 Å². The van der Waals surface area contributed by atoms with Gasteiger partial charge >= 0.3 is 5.97 Å². The van der Waals surface area contributed by atoms with Gasteiger partial charge in [0.1, 0.15) is 5.82 Å².